The predicted octanol–water partition coefficient (Wildman–Crippen LogP) is 4.03. The fraction of sp³-hybridized carbons (Fsp3) is 0.118. The van der Waals surface area contributed by atoms with Crippen molar-refractivity contribution in [3.05, 3.63) is 71.7 Å². The molecule has 0 unspecified atom stereocenters. The normalized spacial score (nSPS) is 11.1. The third kappa shape index (κ3) is 3.92. The smallest absolute Gasteiger partial charge is 0.187 e. The topological polar surface area (TPSA) is 38.3 Å². The molecule has 108 valence electrons. The molecule has 0 radical (unpaired) electrons. The Hall–Kier alpha value is -2.62. The standard InChI is InChI=1S/C17H16FNO2/c1-12(19-16-6-4-3-5-15(16)18)11-17(20)13-7-9-14(21-2)10-8-13/h3-11,19H,1-2H3/b12-11+. The molecule has 0 atom stereocenters. The van der Waals surface area contributed by atoms with Crippen LogP contribution in [0.4, 0.5) is 10.1 Å². The van der Waals surface area contributed by atoms with Crippen molar-refractivity contribution >= 4 is 11.5 Å². The van der Waals surface area contributed by atoms with Crippen LogP contribution in [0.1, 0.15) is 17.3 Å². The summed E-state index contributed by atoms with van der Waals surface area (Å²) >= 11 is 0. The summed E-state index contributed by atoms with van der Waals surface area (Å²) in [5.41, 5.74) is 1.46. The number of halogens is 1. The van der Waals surface area contributed by atoms with E-state index in [4.69, 9.17) is 4.74 Å². The van der Waals surface area contributed by atoms with Gasteiger partial charge in [-0.2, -0.15) is 0 Å². The van der Waals surface area contributed by atoms with E-state index in [-0.39, 0.29) is 11.6 Å². The number of ether oxygens (including phenoxy) is 1. The van der Waals surface area contributed by atoms with Crippen LogP contribution in [-0.4, -0.2) is 12.9 Å². The molecule has 0 bridgehead atoms. The lowest BCUT2D eigenvalue weighted by atomic mass is 10.1. The van der Waals surface area contributed by atoms with Crippen molar-refractivity contribution in [1.82, 2.24) is 0 Å². The lowest BCUT2D eigenvalue weighted by Gasteiger charge is -2.07. The number of carbonyl (C=O) groups is 1. The highest BCUT2D eigenvalue weighted by molar-refractivity contribution is 6.05. The van der Waals surface area contributed by atoms with Gasteiger partial charge in [-0.3, -0.25) is 4.79 Å². The SMILES string of the molecule is COc1ccc(C(=O)/C=C(\C)Nc2ccccc2F)cc1. The molecule has 0 aliphatic carbocycles. The highest BCUT2D eigenvalue weighted by atomic mass is 19.1. The Morgan fingerprint density at radius 1 is 1.14 bits per heavy atom. The number of allylic oxidation sites excluding steroid dienone is 2. The number of nitrogens with one attached hydrogen (secondary N) is 1. The number of ketones is 1. The van der Waals surface area contributed by atoms with Gasteiger partial charge in [0.25, 0.3) is 0 Å². The van der Waals surface area contributed by atoms with Crippen molar-refractivity contribution in [2.75, 3.05) is 12.4 Å². The second kappa shape index (κ2) is 6.70. The third-order valence-electron chi connectivity index (χ3n) is 2.93. The fourth-order valence-electron chi connectivity index (χ4n) is 1.85. The number of rotatable bonds is 5. The lowest BCUT2D eigenvalue weighted by molar-refractivity contribution is 0.104. The number of anilines is 1. The first-order chi connectivity index (χ1) is 10.1. The fourth-order valence-corrected chi connectivity index (χ4v) is 1.85. The Balaban J connectivity index is 2.10. The van der Waals surface area contributed by atoms with Crippen LogP contribution in [0.5, 0.6) is 5.75 Å². The molecule has 0 saturated carbocycles. The third-order valence-corrected chi connectivity index (χ3v) is 2.93. The number of methoxy groups -OCH3 is 1. The van der Waals surface area contributed by atoms with Gasteiger partial charge in [0.2, 0.25) is 0 Å². The van der Waals surface area contributed by atoms with E-state index in [0.717, 1.165) is 0 Å². The van der Waals surface area contributed by atoms with Crippen LogP contribution in [0, 0.1) is 5.82 Å². The Labute approximate surface area is 123 Å². The summed E-state index contributed by atoms with van der Waals surface area (Å²) in [6, 6.07) is 13.1. The Kier molecular flexibility index (Phi) is 4.72. The van der Waals surface area contributed by atoms with Gasteiger partial charge < -0.3 is 10.1 Å². The molecule has 0 aliphatic rings. The number of hydrogen-bond donors (Lipinski definition) is 1. The van der Waals surface area contributed by atoms with Crippen molar-refractivity contribution in [2.45, 2.75) is 6.92 Å². The minimum Gasteiger partial charge on any atom is -0.497 e. The molecule has 0 fully saturated rings. The second-order valence-electron chi connectivity index (χ2n) is 4.52. The quantitative estimate of drug-likeness (QED) is 0.665. The van der Waals surface area contributed by atoms with Gasteiger partial charge in [0.05, 0.1) is 12.8 Å². The van der Waals surface area contributed by atoms with Crippen LogP contribution in [0.3, 0.4) is 0 Å². The molecule has 2 rings (SSSR count). The zero-order valence-corrected chi connectivity index (χ0v) is 11.9. The number of hydrogen-bond acceptors (Lipinski definition) is 3. The van der Waals surface area contributed by atoms with E-state index < -0.39 is 0 Å². The van der Waals surface area contributed by atoms with Crippen molar-refractivity contribution in [2.24, 2.45) is 0 Å². The molecular formula is C17H16FNO2. The van der Waals surface area contributed by atoms with E-state index in [1.165, 1.54) is 12.1 Å². The first-order valence-corrected chi connectivity index (χ1v) is 6.48. The molecule has 0 aliphatic heterocycles. The summed E-state index contributed by atoms with van der Waals surface area (Å²) in [7, 11) is 1.57. The van der Waals surface area contributed by atoms with E-state index in [2.05, 4.69) is 5.32 Å². The lowest BCUT2D eigenvalue weighted by Crippen LogP contribution is -2.02. The summed E-state index contributed by atoms with van der Waals surface area (Å²) < 4.78 is 18.5. The molecule has 0 amide bonds. The molecular weight excluding hydrogens is 269 g/mol. The zero-order valence-electron chi connectivity index (χ0n) is 11.9. The first-order valence-electron chi connectivity index (χ1n) is 6.48. The molecule has 0 aromatic heterocycles. The largest absolute Gasteiger partial charge is 0.497 e. The van der Waals surface area contributed by atoms with Gasteiger partial charge in [-0.15, -0.1) is 0 Å². The van der Waals surface area contributed by atoms with Crippen molar-refractivity contribution in [3.63, 3.8) is 0 Å². The van der Waals surface area contributed by atoms with Crippen molar-refractivity contribution < 1.29 is 13.9 Å². The summed E-state index contributed by atoms with van der Waals surface area (Å²) in [6.45, 7) is 1.72. The van der Waals surface area contributed by atoms with Gasteiger partial charge in [0, 0.05) is 17.3 Å². The maximum atomic E-state index is 13.5. The van der Waals surface area contributed by atoms with Gasteiger partial charge in [-0.05, 0) is 43.3 Å². The van der Waals surface area contributed by atoms with Crippen LogP contribution >= 0.6 is 0 Å². The van der Waals surface area contributed by atoms with E-state index in [1.807, 2.05) is 0 Å². The van der Waals surface area contributed by atoms with Crippen molar-refractivity contribution in [1.29, 1.82) is 0 Å². The average molecular weight is 285 g/mol. The highest BCUT2D eigenvalue weighted by Crippen LogP contribution is 2.16. The molecule has 1 N–H and O–H groups in total. The van der Waals surface area contributed by atoms with Crippen LogP contribution in [0.2, 0.25) is 0 Å². The minimum atomic E-state index is -0.359. The van der Waals surface area contributed by atoms with Gasteiger partial charge in [-0.25, -0.2) is 4.39 Å². The summed E-state index contributed by atoms with van der Waals surface area (Å²) in [6.07, 6.45) is 1.44. The van der Waals surface area contributed by atoms with Crippen LogP contribution < -0.4 is 10.1 Å². The molecule has 3 nitrogen and oxygen atoms in total. The summed E-state index contributed by atoms with van der Waals surface area (Å²) in [5.74, 6) is 0.179. The van der Waals surface area contributed by atoms with E-state index >= 15 is 0 Å². The van der Waals surface area contributed by atoms with Gasteiger partial charge >= 0.3 is 0 Å². The van der Waals surface area contributed by atoms with E-state index in [9.17, 15) is 9.18 Å². The van der Waals surface area contributed by atoms with Gasteiger partial charge in [-0.1, -0.05) is 12.1 Å². The maximum Gasteiger partial charge on any atom is 0.187 e. The molecule has 4 heteroatoms. The van der Waals surface area contributed by atoms with Gasteiger partial charge in [0.1, 0.15) is 11.6 Å². The first kappa shape index (κ1) is 14.8. The molecule has 0 saturated heterocycles. The number of para-hydroxylation sites is 1. The number of benzene rings is 2. The van der Waals surface area contributed by atoms with E-state index in [1.54, 1.807) is 56.5 Å². The number of carbonyl (C=O) groups excluding carboxylic acids is 1. The van der Waals surface area contributed by atoms with Crippen LogP contribution in [0.25, 0.3) is 0 Å². The van der Waals surface area contributed by atoms with Crippen LogP contribution in [-0.2, 0) is 0 Å². The Morgan fingerprint density at radius 2 is 1.81 bits per heavy atom. The van der Waals surface area contributed by atoms with Crippen molar-refractivity contribution in [3.8, 4) is 5.75 Å². The summed E-state index contributed by atoms with van der Waals surface area (Å²) in [4.78, 5) is 12.1. The molecule has 2 aromatic rings. The average Bonchev–Trinajstić information content (AvgIpc) is 2.49. The molecule has 21 heavy (non-hydrogen) atoms. The molecule has 0 spiro atoms. The molecule has 2 aromatic carbocycles. The highest BCUT2D eigenvalue weighted by Gasteiger charge is 2.05. The zero-order chi connectivity index (χ0) is 15.2. The predicted molar refractivity (Wildman–Crippen MR) is 81.1 cm³/mol. The Morgan fingerprint density at radius 3 is 2.43 bits per heavy atom. The van der Waals surface area contributed by atoms with Gasteiger partial charge in [0.15, 0.2) is 5.78 Å². The summed E-state index contributed by atoms with van der Waals surface area (Å²) in [5, 5.41) is 2.87. The monoisotopic (exact) mass is 285 g/mol. The Bertz CT molecular complexity index is 663. The maximum absolute atomic E-state index is 13.5. The van der Waals surface area contributed by atoms with Crippen LogP contribution in [0.15, 0.2) is 60.3 Å². The minimum absolute atomic E-state index is 0.154. The molecule has 0 heterocycles. The van der Waals surface area contributed by atoms with E-state index in [0.29, 0.717) is 22.7 Å². The second-order valence-corrected chi connectivity index (χ2v) is 4.52.